The number of aliphatic hydroxyl groups excluding tert-OH is 2. The number of nitrogens with one attached hydrogen (secondary N) is 2. The largest absolute Gasteiger partial charge is 0.491 e. The Bertz CT molecular complexity index is 3000. The number of ether oxygens (including phenoxy) is 3. The Morgan fingerprint density at radius 2 is 1.46 bits per heavy atom. The van der Waals surface area contributed by atoms with E-state index in [0.29, 0.717) is 60.0 Å². The number of carbonyl (C=O) groups is 4. The molecular formula is C58H55N5O9. The molecule has 0 aromatic heterocycles. The fourth-order valence-corrected chi connectivity index (χ4v) is 11.0. The minimum atomic E-state index is -2.06. The van der Waals surface area contributed by atoms with Crippen LogP contribution in [-0.2, 0) is 29.3 Å². The van der Waals surface area contributed by atoms with Gasteiger partial charge in [-0.15, -0.1) is 0 Å². The third kappa shape index (κ3) is 8.86. The molecule has 0 radical (unpaired) electrons. The number of hydrogen-bond acceptors (Lipinski definition) is 11. The van der Waals surface area contributed by atoms with E-state index in [1.807, 2.05) is 121 Å². The summed E-state index contributed by atoms with van der Waals surface area (Å²) in [4.78, 5) is 68.8. The summed E-state index contributed by atoms with van der Waals surface area (Å²) >= 11 is 0. The molecule has 14 nitrogen and oxygen atoms in total. The quantitative estimate of drug-likeness (QED) is 0.0712. The van der Waals surface area contributed by atoms with Gasteiger partial charge in [-0.3, -0.25) is 19.3 Å². The van der Waals surface area contributed by atoms with E-state index in [1.54, 1.807) is 48.5 Å². The predicted molar refractivity (Wildman–Crippen MR) is 271 cm³/mol. The monoisotopic (exact) mass is 965 g/mol. The van der Waals surface area contributed by atoms with Crippen molar-refractivity contribution in [2.24, 2.45) is 5.92 Å². The smallest absolute Gasteiger partial charge is 0.329 e. The topological polar surface area (TPSA) is 170 Å². The normalized spacial score (nSPS) is 22.8. The van der Waals surface area contributed by atoms with Gasteiger partial charge in [0.1, 0.15) is 29.9 Å². The molecule has 366 valence electrons. The number of benzene rings is 6. The molecule has 72 heavy (non-hydrogen) atoms. The molecule has 6 aromatic carbocycles. The molecule has 7 atom stereocenters. The number of amides is 4. The number of aliphatic hydroxyl groups is 2. The second-order valence-corrected chi connectivity index (χ2v) is 18.3. The van der Waals surface area contributed by atoms with Crippen LogP contribution >= 0.6 is 0 Å². The van der Waals surface area contributed by atoms with Crippen LogP contribution in [-0.4, -0.2) is 91.1 Å². The predicted octanol–water partition coefficient (Wildman–Crippen LogP) is 7.40. The highest BCUT2D eigenvalue weighted by Crippen LogP contribution is 2.66. The maximum Gasteiger partial charge on any atom is 0.329 e. The fraction of sp³-hybridized carbons (Fsp3) is 0.276. The zero-order valence-electron chi connectivity index (χ0n) is 39.7. The summed E-state index contributed by atoms with van der Waals surface area (Å²) in [5, 5.41) is 25.8. The van der Waals surface area contributed by atoms with Gasteiger partial charge in [-0.05, 0) is 89.3 Å². The molecule has 3 saturated heterocycles. The molecule has 4 aliphatic rings. The van der Waals surface area contributed by atoms with Crippen molar-refractivity contribution >= 4 is 40.9 Å². The van der Waals surface area contributed by atoms with Crippen molar-refractivity contribution in [1.29, 1.82) is 0 Å². The molecule has 0 bridgehead atoms. The van der Waals surface area contributed by atoms with Crippen LogP contribution in [0.3, 0.4) is 0 Å². The second-order valence-electron chi connectivity index (χ2n) is 18.3. The highest BCUT2D eigenvalue weighted by Gasteiger charge is 2.75. The number of rotatable bonds is 12. The summed E-state index contributed by atoms with van der Waals surface area (Å²) in [6.45, 7) is 3.95. The van der Waals surface area contributed by atoms with E-state index in [1.165, 1.54) is 0 Å². The lowest BCUT2D eigenvalue weighted by Crippen LogP contribution is -2.55. The molecule has 1 spiro atoms. The third-order valence-corrected chi connectivity index (χ3v) is 14.1. The van der Waals surface area contributed by atoms with Crippen molar-refractivity contribution in [3.05, 3.63) is 191 Å². The van der Waals surface area contributed by atoms with Crippen LogP contribution in [0.5, 0.6) is 5.75 Å². The highest BCUT2D eigenvalue weighted by molar-refractivity contribution is 6.25. The number of hydrogen-bond donors (Lipinski definition) is 4. The summed E-state index contributed by atoms with van der Waals surface area (Å²) in [5.41, 5.74) is 3.00. The van der Waals surface area contributed by atoms with Gasteiger partial charge in [-0.2, -0.15) is 0 Å². The molecule has 4 N–H and O–H groups in total. The molecule has 0 aliphatic carbocycles. The molecule has 3 fully saturated rings. The standard InChI is InChI=1S/C58H55N5O9/c1-38(40-15-5-2-6-16-40)59-57(69)62-48-28-23-39(14-11-12-31-64)36-47(48)58(56(62)68)49(54(66)60-44-24-26-45(27-25-44)61-29-33-70-34-30-61)51-55(67)72-52(42-19-9-4-10-20-42)50(41-17-7-3-8-18-41)63(51)53(58)43-21-13-22-46(37-43)71-35-32-65/h2-10,13,15-28,36-38,49-53,64-65H,12,29-35H2,1H3,(H,59,69)(H,60,66)/t38-,49-,50-,51-,52+,53+,58-/m1/s1. The molecular weight excluding hydrogens is 911 g/mol. The number of morpholine rings is 2. The lowest BCUT2D eigenvalue weighted by Gasteiger charge is -2.46. The van der Waals surface area contributed by atoms with Crippen LogP contribution in [0, 0.1) is 17.8 Å². The first kappa shape index (κ1) is 47.9. The molecule has 0 saturated carbocycles. The molecule has 4 aliphatic heterocycles. The number of nitrogens with zero attached hydrogens (tertiary/aromatic N) is 3. The molecule has 4 amide bonds. The first-order valence-corrected chi connectivity index (χ1v) is 24.3. The summed E-state index contributed by atoms with van der Waals surface area (Å²) < 4.78 is 18.3. The van der Waals surface area contributed by atoms with Gasteiger partial charge in [-0.1, -0.05) is 115 Å². The number of cyclic esters (lactones) is 1. The second kappa shape index (κ2) is 20.9. The van der Waals surface area contributed by atoms with E-state index in [2.05, 4.69) is 27.4 Å². The summed E-state index contributed by atoms with van der Waals surface area (Å²) in [7, 11) is 0. The molecule has 6 aromatic rings. The Labute approximate surface area is 418 Å². The summed E-state index contributed by atoms with van der Waals surface area (Å²) in [6, 6.07) is 43.2. The fourth-order valence-electron chi connectivity index (χ4n) is 11.0. The third-order valence-electron chi connectivity index (χ3n) is 14.1. The Balaban J connectivity index is 1.23. The van der Waals surface area contributed by atoms with Crippen LogP contribution in [0.4, 0.5) is 21.9 Å². The Hall–Kier alpha value is -7.80. The van der Waals surface area contributed by atoms with Crippen molar-refractivity contribution in [3.63, 3.8) is 0 Å². The van der Waals surface area contributed by atoms with Gasteiger partial charge in [-0.25, -0.2) is 9.69 Å². The Kier molecular flexibility index (Phi) is 13.9. The number of imide groups is 1. The Morgan fingerprint density at radius 3 is 2.15 bits per heavy atom. The van der Waals surface area contributed by atoms with Gasteiger partial charge in [0.2, 0.25) is 11.8 Å². The lowest BCUT2D eigenvalue weighted by molar-refractivity contribution is -0.177. The number of fused-ring (bicyclic) bond motifs is 3. The van der Waals surface area contributed by atoms with Crippen molar-refractivity contribution in [1.82, 2.24) is 10.2 Å². The van der Waals surface area contributed by atoms with Crippen molar-refractivity contribution in [2.45, 2.75) is 49.0 Å². The first-order chi connectivity index (χ1) is 35.2. The van der Waals surface area contributed by atoms with Crippen molar-refractivity contribution < 1.29 is 43.6 Å². The summed E-state index contributed by atoms with van der Waals surface area (Å²) in [6.07, 6.45) is -0.759. The number of urea groups is 1. The Morgan fingerprint density at radius 1 is 0.778 bits per heavy atom. The van der Waals surface area contributed by atoms with Crippen LogP contribution < -0.4 is 25.2 Å². The summed E-state index contributed by atoms with van der Waals surface area (Å²) in [5.74, 6) is 2.81. The van der Waals surface area contributed by atoms with Gasteiger partial charge in [0.05, 0.1) is 56.2 Å². The number of anilines is 3. The molecule has 10 rings (SSSR count). The highest BCUT2D eigenvalue weighted by atomic mass is 16.6. The van der Waals surface area contributed by atoms with Crippen LogP contribution in [0.2, 0.25) is 0 Å². The maximum atomic E-state index is 16.7. The van der Waals surface area contributed by atoms with Gasteiger partial charge < -0.3 is 40.0 Å². The number of esters is 1. The van der Waals surface area contributed by atoms with E-state index in [-0.39, 0.29) is 31.9 Å². The number of carbonyl (C=O) groups excluding carboxylic acids is 4. The van der Waals surface area contributed by atoms with E-state index in [9.17, 15) is 10.2 Å². The zero-order valence-corrected chi connectivity index (χ0v) is 39.7. The van der Waals surface area contributed by atoms with Crippen molar-refractivity contribution in [2.75, 3.05) is 61.2 Å². The van der Waals surface area contributed by atoms with Gasteiger partial charge in [0.25, 0.3) is 0 Å². The zero-order chi connectivity index (χ0) is 49.8. The minimum Gasteiger partial charge on any atom is -0.491 e. The van der Waals surface area contributed by atoms with Crippen LogP contribution in [0.1, 0.15) is 71.0 Å². The van der Waals surface area contributed by atoms with Gasteiger partial charge in [0, 0.05) is 36.4 Å². The average Bonchev–Trinajstić information content (AvgIpc) is 3.88. The maximum absolute atomic E-state index is 16.7. The van der Waals surface area contributed by atoms with Crippen LogP contribution in [0.25, 0.3) is 0 Å². The SMILES string of the molecule is C[C@@H](NC(=O)N1C(=O)[C@@]2(c3cc(C#CCCO)ccc31)[C@H](c1cccc(OCCO)c1)N1[C@H](c3ccccc3)[C@H](c3ccccc3)OC(=O)[C@H]1[C@@H]2C(=O)Nc1ccc(N2CCOCC2)cc1)c1ccccc1. The van der Waals surface area contributed by atoms with E-state index in [4.69, 9.17) is 14.2 Å². The van der Waals surface area contributed by atoms with Gasteiger partial charge >= 0.3 is 12.0 Å². The molecule has 14 heteroatoms. The average molecular weight is 966 g/mol. The lowest BCUT2D eigenvalue weighted by atomic mass is 9.65. The molecule has 0 unspecified atom stereocenters. The van der Waals surface area contributed by atoms with Crippen molar-refractivity contribution in [3.8, 4) is 17.6 Å². The van der Waals surface area contributed by atoms with Gasteiger partial charge in [0.15, 0.2) is 0 Å². The minimum absolute atomic E-state index is 0.0266. The molecule has 4 heterocycles. The first-order valence-electron chi connectivity index (χ1n) is 24.3. The van der Waals surface area contributed by atoms with E-state index in [0.717, 1.165) is 21.7 Å². The van der Waals surface area contributed by atoms with E-state index < -0.39 is 65.4 Å². The van der Waals surface area contributed by atoms with E-state index >= 15 is 19.2 Å². The van der Waals surface area contributed by atoms with Crippen LogP contribution in [0.15, 0.2) is 158 Å².